The van der Waals surface area contributed by atoms with E-state index in [2.05, 4.69) is 23.3 Å². The van der Waals surface area contributed by atoms with E-state index in [0.717, 1.165) is 17.7 Å². The fraction of sp³-hybridized carbons (Fsp3) is 0.316. The molecule has 0 aliphatic rings. The lowest BCUT2D eigenvalue weighted by Gasteiger charge is -2.12. The van der Waals surface area contributed by atoms with Gasteiger partial charge in [-0.25, -0.2) is 0 Å². The van der Waals surface area contributed by atoms with Gasteiger partial charge in [-0.3, -0.25) is 4.99 Å². The lowest BCUT2D eigenvalue weighted by molar-refractivity contribution is 0.405. The SMILES string of the molecule is COc1ccc(OC)c(NC(N)=NCCc2cc(C)ccc2OC)c1. The third kappa shape index (κ3) is 5.04. The van der Waals surface area contributed by atoms with Gasteiger partial charge < -0.3 is 25.3 Å². The topological polar surface area (TPSA) is 78.1 Å². The van der Waals surface area contributed by atoms with Crippen molar-refractivity contribution in [3.8, 4) is 17.2 Å². The molecular formula is C19H25N3O3. The van der Waals surface area contributed by atoms with Gasteiger partial charge in [-0.05, 0) is 37.1 Å². The highest BCUT2D eigenvalue weighted by Gasteiger charge is 2.07. The Morgan fingerprint density at radius 3 is 2.40 bits per heavy atom. The van der Waals surface area contributed by atoms with Gasteiger partial charge in [0, 0.05) is 12.6 Å². The number of hydrogen-bond donors (Lipinski definition) is 2. The van der Waals surface area contributed by atoms with E-state index in [1.165, 1.54) is 5.56 Å². The van der Waals surface area contributed by atoms with Crippen molar-refractivity contribution in [1.29, 1.82) is 0 Å². The number of aryl methyl sites for hydroxylation is 1. The molecule has 3 N–H and O–H groups in total. The summed E-state index contributed by atoms with van der Waals surface area (Å²) in [7, 11) is 4.88. The number of hydrogen-bond acceptors (Lipinski definition) is 4. The molecule has 0 atom stereocenters. The maximum absolute atomic E-state index is 6.00. The normalized spacial score (nSPS) is 11.1. The maximum atomic E-state index is 6.00. The molecule has 0 saturated heterocycles. The third-order valence-electron chi connectivity index (χ3n) is 3.77. The molecule has 0 aliphatic carbocycles. The van der Waals surface area contributed by atoms with Crippen molar-refractivity contribution in [2.24, 2.45) is 10.7 Å². The molecule has 0 aliphatic heterocycles. The fourth-order valence-corrected chi connectivity index (χ4v) is 2.49. The summed E-state index contributed by atoms with van der Waals surface area (Å²) in [4.78, 5) is 4.38. The molecule has 0 amide bonds. The number of guanidine groups is 1. The zero-order chi connectivity index (χ0) is 18.2. The standard InChI is InChI=1S/C19H25N3O3/c1-13-5-7-17(24-3)14(11-13)9-10-21-19(20)22-16-12-15(23-2)6-8-18(16)25-4/h5-8,11-12H,9-10H2,1-4H3,(H3,20,21,22). The first kappa shape index (κ1) is 18.4. The first-order valence-corrected chi connectivity index (χ1v) is 8.00. The van der Waals surface area contributed by atoms with E-state index in [4.69, 9.17) is 19.9 Å². The Bertz CT molecular complexity index is 745. The molecule has 2 aromatic rings. The van der Waals surface area contributed by atoms with Crippen LogP contribution >= 0.6 is 0 Å². The molecule has 0 bridgehead atoms. The second-order valence-corrected chi connectivity index (χ2v) is 5.52. The van der Waals surface area contributed by atoms with Crippen molar-refractivity contribution in [1.82, 2.24) is 0 Å². The minimum absolute atomic E-state index is 0.318. The number of aliphatic imine (C=N–C) groups is 1. The summed E-state index contributed by atoms with van der Waals surface area (Å²) in [6.45, 7) is 2.60. The molecule has 2 rings (SSSR count). The molecular weight excluding hydrogens is 318 g/mol. The van der Waals surface area contributed by atoms with Crippen LogP contribution in [0.3, 0.4) is 0 Å². The summed E-state index contributed by atoms with van der Waals surface area (Å²) >= 11 is 0. The Hall–Kier alpha value is -2.89. The van der Waals surface area contributed by atoms with Gasteiger partial charge in [0.1, 0.15) is 17.2 Å². The van der Waals surface area contributed by atoms with Gasteiger partial charge in [-0.1, -0.05) is 17.7 Å². The molecule has 6 heteroatoms. The van der Waals surface area contributed by atoms with E-state index in [1.54, 1.807) is 21.3 Å². The quantitative estimate of drug-likeness (QED) is 0.597. The van der Waals surface area contributed by atoms with Crippen LogP contribution in [0, 0.1) is 6.92 Å². The van der Waals surface area contributed by atoms with E-state index in [-0.39, 0.29) is 0 Å². The predicted octanol–water partition coefficient (Wildman–Crippen LogP) is 2.99. The molecule has 0 saturated carbocycles. The van der Waals surface area contributed by atoms with Crippen molar-refractivity contribution in [3.63, 3.8) is 0 Å². The van der Waals surface area contributed by atoms with Gasteiger partial charge in [0.25, 0.3) is 0 Å². The zero-order valence-electron chi connectivity index (χ0n) is 15.1. The number of ether oxygens (including phenoxy) is 3. The molecule has 0 fully saturated rings. The van der Waals surface area contributed by atoms with E-state index in [9.17, 15) is 0 Å². The van der Waals surface area contributed by atoms with Crippen LogP contribution in [0.15, 0.2) is 41.4 Å². The maximum Gasteiger partial charge on any atom is 0.193 e. The Morgan fingerprint density at radius 1 is 1.00 bits per heavy atom. The summed E-state index contributed by atoms with van der Waals surface area (Å²) < 4.78 is 15.9. The Kier molecular flexibility index (Phi) is 6.51. The van der Waals surface area contributed by atoms with Gasteiger partial charge in [-0.15, -0.1) is 0 Å². The summed E-state index contributed by atoms with van der Waals surface area (Å²) in [6.07, 6.45) is 0.739. The van der Waals surface area contributed by atoms with Crippen molar-refractivity contribution in [3.05, 3.63) is 47.5 Å². The van der Waals surface area contributed by atoms with Gasteiger partial charge in [-0.2, -0.15) is 0 Å². The van der Waals surface area contributed by atoms with E-state index < -0.39 is 0 Å². The average Bonchev–Trinajstić information content (AvgIpc) is 2.61. The number of nitrogens with two attached hydrogens (primary N) is 1. The average molecular weight is 343 g/mol. The van der Waals surface area contributed by atoms with Crippen LogP contribution in [0.4, 0.5) is 5.69 Å². The van der Waals surface area contributed by atoms with E-state index in [0.29, 0.717) is 29.7 Å². The van der Waals surface area contributed by atoms with Crippen LogP contribution in [-0.4, -0.2) is 33.8 Å². The number of rotatable bonds is 7. The minimum Gasteiger partial charge on any atom is -0.497 e. The first-order valence-electron chi connectivity index (χ1n) is 8.00. The molecule has 6 nitrogen and oxygen atoms in total. The highest BCUT2D eigenvalue weighted by molar-refractivity contribution is 5.94. The van der Waals surface area contributed by atoms with Crippen LogP contribution in [0.1, 0.15) is 11.1 Å². The number of nitrogens with one attached hydrogen (secondary N) is 1. The highest BCUT2D eigenvalue weighted by atomic mass is 16.5. The second-order valence-electron chi connectivity index (χ2n) is 5.52. The Balaban J connectivity index is 2.04. The predicted molar refractivity (Wildman–Crippen MR) is 101 cm³/mol. The van der Waals surface area contributed by atoms with Crippen molar-refractivity contribution < 1.29 is 14.2 Å². The number of anilines is 1. The summed E-state index contributed by atoms with van der Waals surface area (Å²) in [5.74, 6) is 2.56. The molecule has 0 aromatic heterocycles. The molecule has 0 spiro atoms. The number of nitrogens with zero attached hydrogens (tertiary/aromatic N) is 1. The van der Waals surface area contributed by atoms with Gasteiger partial charge in [0.15, 0.2) is 5.96 Å². The molecule has 25 heavy (non-hydrogen) atoms. The van der Waals surface area contributed by atoms with Crippen LogP contribution in [0.25, 0.3) is 0 Å². The Morgan fingerprint density at radius 2 is 1.72 bits per heavy atom. The fourth-order valence-electron chi connectivity index (χ4n) is 2.49. The smallest absolute Gasteiger partial charge is 0.193 e. The van der Waals surface area contributed by atoms with Gasteiger partial charge in [0.05, 0.1) is 27.0 Å². The monoisotopic (exact) mass is 343 g/mol. The molecule has 2 aromatic carbocycles. The summed E-state index contributed by atoms with van der Waals surface area (Å²) in [6, 6.07) is 11.5. The lowest BCUT2D eigenvalue weighted by Crippen LogP contribution is -2.23. The van der Waals surface area contributed by atoms with Crippen LogP contribution in [0.2, 0.25) is 0 Å². The van der Waals surface area contributed by atoms with Crippen LogP contribution in [-0.2, 0) is 6.42 Å². The van der Waals surface area contributed by atoms with Crippen LogP contribution in [0.5, 0.6) is 17.2 Å². The molecule has 0 heterocycles. The van der Waals surface area contributed by atoms with Crippen molar-refractivity contribution in [2.45, 2.75) is 13.3 Å². The van der Waals surface area contributed by atoms with Gasteiger partial charge in [0.2, 0.25) is 0 Å². The first-order chi connectivity index (χ1) is 12.1. The van der Waals surface area contributed by atoms with Crippen LogP contribution < -0.4 is 25.3 Å². The largest absolute Gasteiger partial charge is 0.497 e. The van der Waals surface area contributed by atoms with E-state index >= 15 is 0 Å². The van der Waals surface area contributed by atoms with Crippen molar-refractivity contribution in [2.75, 3.05) is 33.2 Å². The Labute approximate surface area is 148 Å². The second kappa shape index (κ2) is 8.82. The van der Waals surface area contributed by atoms with E-state index in [1.807, 2.05) is 30.3 Å². The molecule has 134 valence electrons. The highest BCUT2D eigenvalue weighted by Crippen LogP contribution is 2.28. The lowest BCUT2D eigenvalue weighted by atomic mass is 10.1. The zero-order valence-corrected chi connectivity index (χ0v) is 15.1. The number of benzene rings is 2. The molecule has 0 unspecified atom stereocenters. The summed E-state index contributed by atoms with van der Waals surface area (Å²) in [5, 5.41) is 3.05. The third-order valence-corrected chi connectivity index (χ3v) is 3.77. The van der Waals surface area contributed by atoms with Crippen molar-refractivity contribution >= 4 is 11.6 Å². The minimum atomic E-state index is 0.318. The summed E-state index contributed by atoms with van der Waals surface area (Å²) in [5.41, 5.74) is 9.00. The van der Waals surface area contributed by atoms with Gasteiger partial charge >= 0.3 is 0 Å². The molecule has 0 radical (unpaired) electrons. The number of methoxy groups -OCH3 is 3.